The van der Waals surface area contributed by atoms with Crippen molar-refractivity contribution in [1.29, 1.82) is 0 Å². The minimum atomic E-state index is -1.19. The minimum Gasteiger partial charge on any atom is -0.476 e. The number of ether oxygens (including phenoxy) is 1. The second-order valence-electron chi connectivity index (χ2n) is 6.32. The highest BCUT2D eigenvalue weighted by Gasteiger charge is 2.30. The maximum atomic E-state index is 12.1. The van der Waals surface area contributed by atoms with E-state index < -0.39 is 11.6 Å². The number of carbonyl (C=O) groups is 2. The quantitative estimate of drug-likeness (QED) is 0.362. The first kappa shape index (κ1) is 17.9. The van der Waals surface area contributed by atoms with Crippen LogP contribution in [0.3, 0.4) is 0 Å². The third-order valence-electron chi connectivity index (χ3n) is 3.18. The lowest BCUT2D eigenvalue weighted by molar-refractivity contribution is -0.505. The molecular weight excluding hydrogens is 288 g/mol. The highest BCUT2D eigenvalue weighted by molar-refractivity contribution is 6.63. The molecule has 8 heteroatoms. The molecular formula is C14H25N4O4+. The van der Waals surface area contributed by atoms with Crippen LogP contribution < -0.4 is 10.8 Å². The lowest BCUT2D eigenvalue weighted by Crippen LogP contribution is -2.83. The molecule has 0 saturated carbocycles. The first-order valence-electron chi connectivity index (χ1n) is 7.23. The van der Waals surface area contributed by atoms with Crippen molar-refractivity contribution in [2.24, 2.45) is 10.9 Å². The molecule has 4 N–H and O–H groups in total. The number of carbonyl (C=O) groups excluding carboxylic acids is 1. The van der Waals surface area contributed by atoms with Crippen molar-refractivity contribution in [3.05, 3.63) is 0 Å². The van der Waals surface area contributed by atoms with Gasteiger partial charge < -0.3 is 20.6 Å². The summed E-state index contributed by atoms with van der Waals surface area (Å²) in [6, 6.07) is -0.0580. The van der Waals surface area contributed by atoms with Gasteiger partial charge in [-0.1, -0.05) is 0 Å². The van der Waals surface area contributed by atoms with Crippen molar-refractivity contribution < 1.29 is 24.4 Å². The Kier molecular flexibility index (Phi) is 5.90. The summed E-state index contributed by atoms with van der Waals surface area (Å²) in [4.78, 5) is 27.8. The Morgan fingerprint density at radius 3 is 2.55 bits per heavy atom. The highest BCUT2D eigenvalue weighted by atomic mass is 16.6. The summed E-state index contributed by atoms with van der Waals surface area (Å²) >= 11 is 0. The number of piperidine rings is 1. The fourth-order valence-electron chi connectivity index (χ4n) is 2.27. The average Bonchev–Trinajstić information content (AvgIpc) is 2.37. The monoisotopic (exact) mass is 313 g/mol. The van der Waals surface area contributed by atoms with E-state index in [1.165, 1.54) is 0 Å². The third-order valence-corrected chi connectivity index (χ3v) is 3.18. The lowest BCUT2D eigenvalue weighted by Gasteiger charge is -2.31. The zero-order valence-electron chi connectivity index (χ0n) is 13.5. The molecule has 0 aromatic rings. The van der Waals surface area contributed by atoms with Gasteiger partial charge in [0.1, 0.15) is 5.60 Å². The highest BCUT2D eigenvalue weighted by Crippen LogP contribution is 2.13. The SMILES string of the molecule is CC(=[NH+][C@@H]1CCCN(C(=O)OC(C)(C)C)C1)/C(=N\N)C(=O)O. The Morgan fingerprint density at radius 1 is 1.41 bits per heavy atom. The van der Waals surface area contributed by atoms with E-state index in [4.69, 9.17) is 15.7 Å². The number of amides is 1. The van der Waals surface area contributed by atoms with Crippen LogP contribution in [-0.2, 0) is 9.53 Å². The molecule has 1 fully saturated rings. The Hall–Kier alpha value is -2.12. The molecule has 1 heterocycles. The predicted octanol–water partition coefficient (Wildman–Crippen LogP) is -0.673. The van der Waals surface area contributed by atoms with Gasteiger partial charge in [0, 0.05) is 19.9 Å². The van der Waals surface area contributed by atoms with Crippen LogP contribution in [-0.4, -0.2) is 58.2 Å². The maximum Gasteiger partial charge on any atom is 0.410 e. The Balaban J connectivity index is 2.75. The van der Waals surface area contributed by atoms with Crippen LogP contribution in [0.4, 0.5) is 4.79 Å². The van der Waals surface area contributed by atoms with Gasteiger partial charge in [0.25, 0.3) is 0 Å². The Bertz CT molecular complexity index is 494. The molecule has 1 atom stereocenters. The van der Waals surface area contributed by atoms with Gasteiger partial charge in [0.15, 0.2) is 6.04 Å². The van der Waals surface area contributed by atoms with Gasteiger partial charge in [0.05, 0.1) is 6.54 Å². The van der Waals surface area contributed by atoms with Crippen molar-refractivity contribution in [3.63, 3.8) is 0 Å². The van der Waals surface area contributed by atoms with Crippen molar-refractivity contribution in [3.8, 4) is 0 Å². The van der Waals surface area contributed by atoms with Crippen molar-refractivity contribution in [2.45, 2.75) is 52.2 Å². The largest absolute Gasteiger partial charge is 0.476 e. The molecule has 1 aliphatic rings. The van der Waals surface area contributed by atoms with E-state index in [-0.39, 0.29) is 17.8 Å². The number of nitrogens with zero attached hydrogens (tertiary/aromatic N) is 2. The standard InChI is InChI=1S/C14H24N4O4/c1-9(11(17-15)12(19)20)16-10-6-5-7-18(8-10)13(21)22-14(2,3)4/h10H,5-8,15H2,1-4H3,(H,19,20)/p+1/b16-9?,17-11+/t10-/m1/s1. The minimum absolute atomic E-state index is 0.0580. The summed E-state index contributed by atoms with van der Waals surface area (Å²) in [6.45, 7) is 8.14. The second kappa shape index (κ2) is 7.24. The fourth-order valence-corrected chi connectivity index (χ4v) is 2.27. The molecule has 0 spiro atoms. The number of hydrogen-bond acceptors (Lipinski definition) is 5. The number of likely N-dealkylation sites (tertiary alicyclic amines) is 1. The molecule has 8 nitrogen and oxygen atoms in total. The maximum absolute atomic E-state index is 12.1. The normalized spacial score (nSPS) is 20.7. The Morgan fingerprint density at radius 2 is 2.05 bits per heavy atom. The summed E-state index contributed by atoms with van der Waals surface area (Å²) in [6.07, 6.45) is 1.28. The van der Waals surface area contributed by atoms with Gasteiger partial charge in [-0.3, -0.25) is 0 Å². The molecule has 1 amide bonds. The van der Waals surface area contributed by atoms with E-state index in [0.717, 1.165) is 12.8 Å². The van der Waals surface area contributed by atoms with Crippen LogP contribution in [0, 0.1) is 0 Å². The van der Waals surface area contributed by atoms with Gasteiger partial charge in [-0.25, -0.2) is 14.6 Å². The molecule has 22 heavy (non-hydrogen) atoms. The zero-order chi connectivity index (χ0) is 16.9. The van der Waals surface area contributed by atoms with Crippen molar-refractivity contribution in [2.75, 3.05) is 13.1 Å². The number of hydrazone groups is 1. The van der Waals surface area contributed by atoms with Gasteiger partial charge in [-0.05, 0) is 27.2 Å². The number of rotatable bonds is 3. The van der Waals surface area contributed by atoms with Gasteiger partial charge >= 0.3 is 12.1 Å². The van der Waals surface area contributed by atoms with Crippen LogP contribution in [0.15, 0.2) is 5.10 Å². The molecule has 0 aliphatic carbocycles. The Labute approximate surface area is 130 Å². The van der Waals surface area contributed by atoms with E-state index in [1.54, 1.807) is 11.8 Å². The number of carboxylic acids is 1. The van der Waals surface area contributed by atoms with E-state index in [0.29, 0.717) is 18.8 Å². The number of nitrogens with one attached hydrogen (secondary N) is 1. The van der Waals surface area contributed by atoms with Crippen LogP contribution in [0.5, 0.6) is 0 Å². The molecule has 124 valence electrons. The van der Waals surface area contributed by atoms with Gasteiger partial charge in [-0.15, -0.1) is 0 Å². The van der Waals surface area contributed by atoms with Crippen LogP contribution in [0.2, 0.25) is 0 Å². The molecule has 0 bridgehead atoms. The number of hydrogen-bond donors (Lipinski definition) is 3. The van der Waals surface area contributed by atoms with Crippen LogP contribution in [0.1, 0.15) is 40.5 Å². The number of aliphatic carboxylic acids is 1. The van der Waals surface area contributed by atoms with Gasteiger partial charge in [-0.2, -0.15) is 5.10 Å². The van der Waals surface area contributed by atoms with Crippen molar-refractivity contribution >= 4 is 23.5 Å². The van der Waals surface area contributed by atoms with E-state index >= 15 is 0 Å². The first-order chi connectivity index (χ1) is 10.1. The average molecular weight is 313 g/mol. The topological polar surface area (TPSA) is 119 Å². The first-order valence-corrected chi connectivity index (χ1v) is 7.23. The summed E-state index contributed by atoms with van der Waals surface area (Å²) in [5.74, 6) is 3.90. The lowest BCUT2D eigenvalue weighted by atomic mass is 10.1. The molecule has 1 aliphatic heterocycles. The summed E-state index contributed by atoms with van der Waals surface area (Å²) in [7, 11) is 0. The molecule has 0 radical (unpaired) electrons. The van der Waals surface area contributed by atoms with Crippen LogP contribution in [0.25, 0.3) is 0 Å². The van der Waals surface area contributed by atoms with E-state index in [2.05, 4.69) is 10.1 Å². The number of nitrogens with two attached hydrogens (primary N) is 1. The van der Waals surface area contributed by atoms with E-state index in [1.807, 2.05) is 20.8 Å². The molecule has 0 aromatic heterocycles. The third kappa shape index (κ3) is 5.34. The van der Waals surface area contributed by atoms with Crippen LogP contribution >= 0.6 is 0 Å². The summed E-state index contributed by atoms with van der Waals surface area (Å²) < 4.78 is 5.35. The number of carboxylic acid groups (broad SMARTS) is 1. The van der Waals surface area contributed by atoms with Crippen molar-refractivity contribution in [1.82, 2.24) is 4.90 Å². The van der Waals surface area contributed by atoms with E-state index in [9.17, 15) is 9.59 Å². The smallest absolute Gasteiger partial charge is 0.410 e. The summed E-state index contributed by atoms with van der Waals surface area (Å²) in [5, 5.41) is 12.3. The molecule has 1 saturated heterocycles. The molecule has 0 unspecified atom stereocenters. The molecule has 0 aromatic carbocycles. The second-order valence-corrected chi connectivity index (χ2v) is 6.32. The fraction of sp³-hybridized carbons (Fsp3) is 0.714. The predicted molar refractivity (Wildman–Crippen MR) is 81.7 cm³/mol. The van der Waals surface area contributed by atoms with Gasteiger partial charge in [0.2, 0.25) is 11.4 Å². The zero-order valence-corrected chi connectivity index (χ0v) is 13.5. The molecule has 1 rings (SSSR count). The summed E-state index contributed by atoms with van der Waals surface area (Å²) in [5.41, 5.74) is -0.372.